The molecule has 4 nitrogen and oxygen atoms in total. The fraction of sp³-hybridized carbons (Fsp3) is 0.231. The van der Waals surface area contributed by atoms with Crippen LogP contribution in [-0.2, 0) is 24.3 Å². The number of nitrogens with zero attached hydrogens (tertiary/aromatic N) is 1. The van der Waals surface area contributed by atoms with Gasteiger partial charge in [-0.2, -0.15) is 0 Å². The van der Waals surface area contributed by atoms with Gasteiger partial charge in [0, 0.05) is 30.1 Å². The summed E-state index contributed by atoms with van der Waals surface area (Å²) in [5.74, 6) is -0.287. The van der Waals surface area contributed by atoms with Crippen molar-refractivity contribution in [2.75, 3.05) is 0 Å². The molecule has 0 aromatic heterocycles. The van der Waals surface area contributed by atoms with Crippen LogP contribution in [-0.4, -0.2) is 22.3 Å². The molecule has 3 aromatic carbocycles. The number of benzene rings is 3. The number of amides is 2. The van der Waals surface area contributed by atoms with Gasteiger partial charge < -0.3 is 10.2 Å². The van der Waals surface area contributed by atoms with Crippen molar-refractivity contribution in [1.82, 2.24) is 10.2 Å². The third kappa shape index (κ3) is 4.35. The Balaban J connectivity index is 1.64. The highest BCUT2D eigenvalue weighted by atomic mass is 35.5. The molecular weight excluding hydrogens is 408 g/mol. The van der Waals surface area contributed by atoms with Gasteiger partial charge in [0.1, 0.15) is 5.54 Å². The molecule has 158 valence electrons. The molecule has 5 heteroatoms. The van der Waals surface area contributed by atoms with Crippen LogP contribution >= 0.6 is 11.6 Å². The van der Waals surface area contributed by atoms with Crippen molar-refractivity contribution in [3.8, 4) is 0 Å². The Bertz CT molecular complexity index is 1130. The first-order valence-electron chi connectivity index (χ1n) is 10.3. The van der Waals surface area contributed by atoms with Gasteiger partial charge in [-0.05, 0) is 48.7 Å². The van der Waals surface area contributed by atoms with Crippen LogP contribution in [0.3, 0.4) is 0 Å². The zero-order valence-electron chi connectivity index (χ0n) is 17.7. The molecule has 0 unspecified atom stereocenters. The maximum Gasteiger partial charge on any atom is 0.255 e. The maximum atomic E-state index is 13.5. The van der Waals surface area contributed by atoms with E-state index in [1.165, 1.54) is 0 Å². The molecule has 0 bridgehead atoms. The van der Waals surface area contributed by atoms with Gasteiger partial charge in [-0.25, -0.2) is 0 Å². The molecule has 0 radical (unpaired) electrons. The summed E-state index contributed by atoms with van der Waals surface area (Å²) < 4.78 is 0. The Hall–Kier alpha value is -3.11. The van der Waals surface area contributed by atoms with E-state index in [1.807, 2.05) is 68.4 Å². The van der Waals surface area contributed by atoms with E-state index >= 15 is 0 Å². The van der Waals surface area contributed by atoms with Gasteiger partial charge in [0.25, 0.3) is 5.91 Å². The minimum Gasteiger partial charge on any atom is -0.350 e. The van der Waals surface area contributed by atoms with E-state index < -0.39 is 5.54 Å². The number of carbonyl (C=O) groups is 2. The average Bonchev–Trinajstić information content (AvgIpc) is 2.76. The number of rotatable bonds is 5. The molecule has 1 aliphatic rings. The molecule has 0 saturated heterocycles. The number of aryl methyl sites for hydroxylation is 1. The molecule has 0 spiro atoms. The SMILES string of the molecule is Cc1cccc(CN2C(=O)c3ccccc3C[C@@]2(C)C(=O)NCc2ccc(Cl)cc2)c1. The maximum absolute atomic E-state index is 13.5. The lowest BCUT2D eigenvalue weighted by atomic mass is 9.82. The minimum atomic E-state index is -0.998. The molecule has 1 heterocycles. The highest BCUT2D eigenvalue weighted by molar-refractivity contribution is 6.30. The van der Waals surface area contributed by atoms with Gasteiger partial charge in [-0.1, -0.05) is 71.8 Å². The molecule has 1 aliphatic heterocycles. The lowest BCUT2D eigenvalue weighted by Crippen LogP contribution is -2.62. The van der Waals surface area contributed by atoms with Crippen LogP contribution in [0.15, 0.2) is 72.8 Å². The topological polar surface area (TPSA) is 49.4 Å². The fourth-order valence-corrected chi connectivity index (χ4v) is 4.26. The first kappa shape index (κ1) is 21.1. The first-order chi connectivity index (χ1) is 14.9. The van der Waals surface area contributed by atoms with Crippen molar-refractivity contribution in [3.05, 3.63) is 106 Å². The summed E-state index contributed by atoms with van der Waals surface area (Å²) in [7, 11) is 0. The summed E-state index contributed by atoms with van der Waals surface area (Å²) in [5, 5.41) is 3.68. The molecule has 0 saturated carbocycles. The number of carbonyl (C=O) groups excluding carboxylic acids is 2. The van der Waals surface area contributed by atoms with Crippen LogP contribution in [0.2, 0.25) is 5.02 Å². The second kappa shape index (κ2) is 8.56. The van der Waals surface area contributed by atoms with Crippen molar-refractivity contribution in [2.45, 2.75) is 38.9 Å². The van der Waals surface area contributed by atoms with Gasteiger partial charge in [-0.15, -0.1) is 0 Å². The number of fused-ring (bicyclic) bond motifs is 1. The van der Waals surface area contributed by atoms with Crippen LogP contribution in [0.4, 0.5) is 0 Å². The van der Waals surface area contributed by atoms with E-state index in [0.717, 1.165) is 22.3 Å². The van der Waals surface area contributed by atoms with E-state index in [2.05, 4.69) is 11.4 Å². The molecule has 31 heavy (non-hydrogen) atoms. The van der Waals surface area contributed by atoms with Gasteiger partial charge in [0.2, 0.25) is 5.91 Å². The highest BCUT2D eigenvalue weighted by Gasteiger charge is 2.46. The van der Waals surface area contributed by atoms with Crippen molar-refractivity contribution in [1.29, 1.82) is 0 Å². The average molecular weight is 433 g/mol. The Kier molecular flexibility index (Phi) is 5.84. The second-order valence-electron chi connectivity index (χ2n) is 8.30. The Labute approximate surface area is 187 Å². The van der Waals surface area contributed by atoms with Gasteiger partial charge in [0.05, 0.1) is 0 Å². The summed E-state index contributed by atoms with van der Waals surface area (Å²) in [6, 6.07) is 23.0. The van der Waals surface area contributed by atoms with Gasteiger partial charge in [-0.3, -0.25) is 9.59 Å². The predicted octanol–water partition coefficient (Wildman–Crippen LogP) is 4.92. The van der Waals surface area contributed by atoms with Crippen molar-refractivity contribution in [2.24, 2.45) is 0 Å². The van der Waals surface area contributed by atoms with Crippen LogP contribution in [0.25, 0.3) is 0 Å². The highest BCUT2D eigenvalue weighted by Crippen LogP contribution is 2.33. The fourth-order valence-electron chi connectivity index (χ4n) is 4.14. The lowest BCUT2D eigenvalue weighted by Gasteiger charge is -2.44. The minimum absolute atomic E-state index is 0.118. The van der Waals surface area contributed by atoms with E-state index in [-0.39, 0.29) is 11.8 Å². The van der Waals surface area contributed by atoms with Crippen LogP contribution in [0.1, 0.15) is 39.5 Å². The molecule has 1 N–H and O–H groups in total. The normalized spacial score (nSPS) is 17.9. The molecule has 0 aliphatic carbocycles. The van der Waals surface area contributed by atoms with E-state index in [4.69, 9.17) is 11.6 Å². The smallest absolute Gasteiger partial charge is 0.255 e. The molecular formula is C26H25ClN2O2. The quantitative estimate of drug-likeness (QED) is 0.622. The number of hydrogen-bond acceptors (Lipinski definition) is 2. The first-order valence-corrected chi connectivity index (χ1v) is 10.7. The molecule has 0 fully saturated rings. The summed E-state index contributed by atoms with van der Waals surface area (Å²) >= 11 is 5.96. The molecule has 4 rings (SSSR count). The third-order valence-corrected chi connectivity index (χ3v) is 6.15. The van der Waals surface area contributed by atoms with Crippen LogP contribution in [0, 0.1) is 6.92 Å². The predicted molar refractivity (Wildman–Crippen MR) is 123 cm³/mol. The van der Waals surface area contributed by atoms with Crippen molar-refractivity contribution in [3.63, 3.8) is 0 Å². The monoisotopic (exact) mass is 432 g/mol. The summed E-state index contributed by atoms with van der Waals surface area (Å²) in [5.41, 5.74) is 3.65. The number of hydrogen-bond donors (Lipinski definition) is 1. The van der Waals surface area contributed by atoms with Gasteiger partial charge in [0.15, 0.2) is 0 Å². The standard InChI is InChI=1S/C26H25ClN2O2/c1-18-6-5-7-20(14-18)17-29-24(30)23-9-4-3-8-21(23)15-26(29,2)25(31)28-16-19-10-12-22(27)13-11-19/h3-14H,15-17H2,1-2H3,(H,28,31)/t26-/m0/s1. The molecule has 2 amide bonds. The second-order valence-corrected chi connectivity index (χ2v) is 8.73. The van der Waals surface area contributed by atoms with E-state index in [0.29, 0.717) is 30.1 Å². The van der Waals surface area contributed by atoms with Crippen molar-refractivity contribution >= 4 is 23.4 Å². The zero-order valence-corrected chi connectivity index (χ0v) is 18.4. The lowest BCUT2D eigenvalue weighted by molar-refractivity contribution is -0.132. The number of nitrogens with one attached hydrogen (secondary N) is 1. The van der Waals surface area contributed by atoms with Crippen molar-refractivity contribution < 1.29 is 9.59 Å². The van der Waals surface area contributed by atoms with E-state index in [9.17, 15) is 9.59 Å². The van der Waals surface area contributed by atoms with E-state index in [1.54, 1.807) is 17.0 Å². The Morgan fingerprint density at radius 2 is 1.77 bits per heavy atom. The third-order valence-electron chi connectivity index (χ3n) is 5.90. The number of halogens is 1. The molecule has 1 atom stereocenters. The summed E-state index contributed by atoms with van der Waals surface area (Å²) in [6.45, 7) is 4.63. The zero-order chi connectivity index (χ0) is 22.0. The molecule has 3 aromatic rings. The van der Waals surface area contributed by atoms with Gasteiger partial charge >= 0.3 is 0 Å². The Morgan fingerprint density at radius 3 is 2.52 bits per heavy atom. The summed E-state index contributed by atoms with van der Waals surface area (Å²) in [6.07, 6.45) is 0.465. The van der Waals surface area contributed by atoms with Crippen LogP contribution < -0.4 is 5.32 Å². The largest absolute Gasteiger partial charge is 0.350 e. The summed E-state index contributed by atoms with van der Waals surface area (Å²) in [4.78, 5) is 28.6. The Morgan fingerprint density at radius 1 is 1.03 bits per heavy atom. The van der Waals surface area contributed by atoms with Crippen LogP contribution in [0.5, 0.6) is 0 Å².